The fourth-order valence-electron chi connectivity index (χ4n) is 3.25. The van der Waals surface area contributed by atoms with Crippen molar-refractivity contribution < 1.29 is 22.7 Å². The van der Waals surface area contributed by atoms with Crippen LogP contribution in [0.5, 0.6) is 11.5 Å². The maximum absolute atomic E-state index is 12.9. The van der Waals surface area contributed by atoms with Crippen molar-refractivity contribution in [2.24, 2.45) is 0 Å². The number of benzene rings is 2. The number of rotatable bonds is 6. The van der Waals surface area contributed by atoms with Crippen molar-refractivity contribution in [2.45, 2.75) is 32.9 Å². The molecule has 0 radical (unpaired) electrons. The van der Waals surface area contributed by atoms with Gasteiger partial charge in [0.25, 0.3) is 0 Å². The maximum atomic E-state index is 12.9. The van der Waals surface area contributed by atoms with Crippen LogP contribution in [0.15, 0.2) is 42.5 Å². The van der Waals surface area contributed by atoms with Gasteiger partial charge in [0.1, 0.15) is 19.3 Å². The number of carbonyl (C=O) groups excluding carboxylic acids is 1. The van der Waals surface area contributed by atoms with E-state index in [0.717, 1.165) is 21.7 Å². The first-order valence-electron chi connectivity index (χ1n) is 9.43. The van der Waals surface area contributed by atoms with E-state index in [-0.39, 0.29) is 6.04 Å². The monoisotopic (exact) mass is 418 g/mol. The molecule has 156 valence electrons. The van der Waals surface area contributed by atoms with Gasteiger partial charge in [0.05, 0.1) is 18.0 Å². The van der Waals surface area contributed by atoms with Gasteiger partial charge in [-0.1, -0.05) is 23.8 Å². The molecule has 1 amide bonds. The molecule has 1 aliphatic heterocycles. The second kappa shape index (κ2) is 8.32. The van der Waals surface area contributed by atoms with Crippen LogP contribution in [0.3, 0.4) is 0 Å². The van der Waals surface area contributed by atoms with Gasteiger partial charge in [0.15, 0.2) is 11.5 Å². The van der Waals surface area contributed by atoms with Crippen molar-refractivity contribution in [2.75, 3.05) is 23.8 Å². The van der Waals surface area contributed by atoms with Crippen LogP contribution in [0.1, 0.15) is 31.0 Å². The van der Waals surface area contributed by atoms with Crippen molar-refractivity contribution in [3.63, 3.8) is 0 Å². The minimum Gasteiger partial charge on any atom is -0.486 e. The molecule has 3 rings (SSSR count). The molecule has 2 aromatic carbocycles. The van der Waals surface area contributed by atoms with Gasteiger partial charge in [0, 0.05) is 0 Å². The standard InChI is InChI=1S/C21H26N2O5S/c1-14-5-8-18(9-6-14)23(29(4,25)26)16(3)21(24)22-15(2)17-7-10-19-20(13-17)28-12-11-27-19/h5-10,13,15-16H,11-12H2,1-4H3,(H,22,24)/t15-,16+/m0/s1. The predicted octanol–water partition coefficient (Wildman–Crippen LogP) is 2.80. The molecule has 2 atom stereocenters. The number of sulfonamides is 1. The molecule has 0 saturated carbocycles. The lowest BCUT2D eigenvalue weighted by Crippen LogP contribution is -2.48. The quantitative estimate of drug-likeness (QED) is 0.780. The Labute approximate surface area is 171 Å². The van der Waals surface area contributed by atoms with E-state index in [0.29, 0.717) is 30.4 Å². The van der Waals surface area contributed by atoms with Gasteiger partial charge < -0.3 is 14.8 Å². The van der Waals surface area contributed by atoms with E-state index in [9.17, 15) is 13.2 Å². The third kappa shape index (κ3) is 4.82. The number of anilines is 1. The third-order valence-corrected chi connectivity index (χ3v) is 6.04. The molecule has 0 fully saturated rings. The Morgan fingerprint density at radius 1 is 1.03 bits per heavy atom. The molecule has 7 nitrogen and oxygen atoms in total. The average molecular weight is 419 g/mol. The third-order valence-electron chi connectivity index (χ3n) is 4.80. The SMILES string of the molecule is Cc1ccc(N([C@H](C)C(=O)N[C@@H](C)c2ccc3c(c2)OCCO3)S(C)(=O)=O)cc1. The summed E-state index contributed by atoms with van der Waals surface area (Å²) in [6.07, 6.45) is 1.10. The molecule has 0 saturated heterocycles. The highest BCUT2D eigenvalue weighted by Crippen LogP contribution is 2.32. The lowest BCUT2D eigenvalue weighted by atomic mass is 10.1. The summed E-state index contributed by atoms with van der Waals surface area (Å²) in [5.41, 5.74) is 2.30. The fourth-order valence-corrected chi connectivity index (χ4v) is 4.42. The van der Waals surface area contributed by atoms with Gasteiger partial charge in [-0.05, 0) is 50.6 Å². The first kappa shape index (κ1) is 21.0. The summed E-state index contributed by atoms with van der Waals surface area (Å²) in [4.78, 5) is 12.9. The number of nitrogens with zero attached hydrogens (tertiary/aromatic N) is 1. The van der Waals surface area contributed by atoms with Gasteiger partial charge in [0.2, 0.25) is 15.9 Å². The van der Waals surface area contributed by atoms with Crippen molar-refractivity contribution in [1.29, 1.82) is 0 Å². The first-order chi connectivity index (χ1) is 13.7. The zero-order chi connectivity index (χ0) is 21.2. The summed E-state index contributed by atoms with van der Waals surface area (Å²) in [6.45, 7) is 6.32. The first-order valence-corrected chi connectivity index (χ1v) is 11.3. The molecule has 0 unspecified atom stereocenters. The lowest BCUT2D eigenvalue weighted by molar-refractivity contribution is -0.122. The molecule has 29 heavy (non-hydrogen) atoms. The van der Waals surface area contributed by atoms with Crippen molar-refractivity contribution in [3.05, 3.63) is 53.6 Å². The van der Waals surface area contributed by atoms with Gasteiger partial charge >= 0.3 is 0 Å². The van der Waals surface area contributed by atoms with E-state index in [1.165, 1.54) is 0 Å². The Morgan fingerprint density at radius 2 is 1.66 bits per heavy atom. The molecule has 0 aromatic heterocycles. The number of nitrogens with one attached hydrogen (secondary N) is 1. The summed E-state index contributed by atoms with van der Waals surface area (Å²) in [5.74, 6) is 0.924. The normalized spacial score (nSPS) is 15.3. The molecule has 1 aliphatic rings. The van der Waals surface area contributed by atoms with Gasteiger partial charge in [-0.3, -0.25) is 9.10 Å². The Bertz CT molecular complexity index is 989. The van der Waals surface area contributed by atoms with E-state index < -0.39 is 22.0 Å². The molecule has 0 aliphatic carbocycles. The van der Waals surface area contributed by atoms with Crippen molar-refractivity contribution in [1.82, 2.24) is 5.32 Å². The van der Waals surface area contributed by atoms with Crippen LogP contribution in [0.2, 0.25) is 0 Å². The smallest absolute Gasteiger partial charge is 0.244 e. The summed E-state index contributed by atoms with van der Waals surface area (Å²) >= 11 is 0. The number of aryl methyl sites for hydroxylation is 1. The van der Waals surface area contributed by atoms with Crippen molar-refractivity contribution in [3.8, 4) is 11.5 Å². The van der Waals surface area contributed by atoms with E-state index in [4.69, 9.17) is 9.47 Å². The molecular formula is C21H26N2O5S. The highest BCUT2D eigenvalue weighted by Gasteiger charge is 2.30. The Morgan fingerprint density at radius 3 is 2.28 bits per heavy atom. The number of ether oxygens (including phenoxy) is 2. The van der Waals surface area contributed by atoms with Crippen LogP contribution in [0.25, 0.3) is 0 Å². The Kier molecular flexibility index (Phi) is 6.02. The highest BCUT2D eigenvalue weighted by molar-refractivity contribution is 7.92. The van der Waals surface area contributed by atoms with E-state index in [1.807, 2.05) is 44.2 Å². The molecule has 0 bridgehead atoms. The van der Waals surface area contributed by atoms with Crippen LogP contribution in [-0.4, -0.2) is 39.8 Å². The number of hydrogen-bond donors (Lipinski definition) is 1. The predicted molar refractivity (Wildman–Crippen MR) is 112 cm³/mol. The van der Waals surface area contributed by atoms with Crippen LogP contribution >= 0.6 is 0 Å². The Balaban J connectivity index is 1.78. The maximum Gasteiger partial charge on any atom is 0.244 e. The van der Waals surface area contributed by atoms with Gasteiger partial charge in [-0.25, -0.2) is 8.42 Å². The molecular weight excluding hydrogens is 392 g/mol. The van der Waals surface area contributed by atoms with E-state index >= 15 is 0 Å². The number of carbonyl (C=O) groups is 1. The van der Waals surface area contributed by atoms with E-state index in [1.54, 1.807) is 19.1 Å². The van der Waals surface area contributed by atoms with Crippen LogP contribution in [0, 0.1) is 6.92 Å². The zero-order valence-electron chi connectivity index (χ0n) is 17.0. The fraction of sp³-hybridized carbons (Fsp3) is 0.381. The van der Waals surface area contributed by atoms with Crippen LogP contribution in [0.4, 0.5) is 5.69 Å². The minimum absolute atomic E-state index is 0.333. The molecule has 0 spiro atoms. The number of amides is 1. The summed E-state index contributed by atoms with van der Waals surface area (Å²) < 4.78 is 37.0. The largest absolute Gasteiger partial charge is 0.486 e. The molecule has 1 heterocycles. The summed E-state index contributed by atoms with van der Waals surface area (Å²) in [7, 11) is -3.65. The second-order valence-corrected chi connectivity index (χ2v) is 9.06. The van der Waals surface area contributed by atoms with Crippen LogP contribution < -0.4 is 19.1 Å². The van der Waals surface area contributed by atoms with E-state index in [2.05, 4.69) is 5.32 Å². The average Bonchev–Trinajstić information content (AvgIpc) is 2.68. The zero-order valence-corrected chi connectivity index (χ0v) is 17.8. The van der Waals surface area contributed by atoms with Gasteiger partial charge in [-0.15, -0.1) is 0 Å². The molecule has 1 N–H and O–H groups in total. The van der Waals surface area contributed by atoms with Crippen LogP contribution in [-0.2, 0) is 14.8 Å². The molecule has 8 heteroatoms. The lowest BCUT2D eigenvalue weighted by Gasteiger charge is -2.29. The van der Waals surface area contributed by atoms with Gasteiger partial charge in [-0.2, -0.15) is 0 Å². The Hall–Kier alpha value is -2.74. The minimum atomic E-state index is -3.65. The highest BCUT2D eigenvalue weighted by atomic mass is 32.2. The summed E-state index contributed by atoms with van der Waals surface area (Å²) in [5, 5.41) is 2.90. The second-order valence-electron chi connectivity index (χ2n) is 7.20. The summed E-state index contributed by atoms with van der Waals surface area (Å²) in [6, 6.07) is 11.3. The number of fused-ring (bicyclic) bond motifs is 1. The molecule has 2 aromatic rings. The van der Waals surface area contributed by atoms with Crippen molar-refractivity contribution >= 4 is 21.6 Å². The topological polar surface area (TPSA) is 84.9 Å². The number of hydrogen-bond acceptors (Lipinski definition) is 5.